The Morgan fingerprint density at radius 1 is 0.960 bits per heavy atom. The van der Waals surface area contributed by atoms with Crippen LogP contribution in [0.3, 0.4) is 0 Å². The van der Waals surface area contributed by atoms with Gasteiger partial charge in [-0.15, -0.1) is 0 Å². The van der Waals surface area contributed by atoms with E-state index in [9.17, 15) is 0 Å². The SMILES string of the molecule is CC1C=CC(C2N=C(c3ncccn3)C=C(c3ncccn3)N2)=CC1. The molecule has 6 heteroatoms. The van der Waals surface area contributed by atoms with Crippen LogP contribution < -0.4 is 5.32 Å². The molecule has 0 spiro atoms. The zero-order valence-corrected chi connectivity index (χ0v) is 13.9. The topological polar surface area (TPSA) is 76.0 Å². The first-order chi connectivity index (χ1) is 12.3. The van der Waals surface area contributed by atoms with Crippen molar-refractivity contribution in [2.45, 2.75) is 19.5 Å². The number of rotatable bonds is 3. The summed E-state index contributed by atoms with van der Waals surface area (Å²) in [5.41, 5.74) is 2.67. The van der Waals surface area contributed by atoms with Crippen molar-refractivity contribution < 1.29 is 0 Å². The third-order valence-electron chi connectivity index (χ3n) is 4.10. The Kier molecular flexibility index (Phi) is 4.16. The molecule has 0 saturated heterocycles. The van der Waals surface area contributed by atoms with Crippen molar-refractivity contribution in [1.29, 1.82) is 0 Å². The monoisotopic (exact) mass is 330 g/mol. The van der Waals surface area contributed by atoms with Gasteiger partial charge in [-0.3, -0.25) is 4.99 Å². The minimum atomic E-state index is -0.202. The lowest BCUT2D eigenvalue weighted by Gasteiger charge is -2.25. The fourth-order valence-corrected chi connectivity index (χ4v) is 2.76. The van der Waals surface area contributed by atoms with E-state index in [1.165, 1.54) is 0 Å². The van der Waals surface area contributed by atoms with E-state index >= 15 is 0 Å². The van der Waals surface area contributed by atoms with Crippen LogP contribution in [0, 0.1) is 5.92 Å². The Balaban J connectivity index is 1.73. The first-order valence-corrected chi connectivity index (χ1v) is 8.28. The summed E-state index contributed by atoms with van der Waals surface area (Å²) in [5.74, 6) is 1.78. The lowest BCUT2D eigenvalue weighted by Crippen LogP contribution is -2.34. The fraction of sp³-hybridized carbons (Fsp3) is 0.211. The highest BCUT2D eigenvalue weighted by molar-refractivity contribution is 6.10. The largest absolute Gasteiger partial charge is 0.357 e. The van der Waals surface area contributed by atoms with Crippen LogP contribution in [-0.2, 0) is 0 Å². The Morgan fingerprint density at radius 2 is 1.64 bits per heavy atom. The second-order valence-electron chi connectivity index (χ2n) is 6.04. The molecule has 4 rings (SSSR count). The highest BCUT2D eigenvalue weighted by Crippen LogP contribution is 2.23. The Bertz CT molecular complexity index is 867. The molecule has 2 aliphatic rings. The smallest absolute Gasteiger partial charge is 0.177 e. The van der Waals surface area contributed by atoms with E-state index in [-0.39, 0.29) is 6.17 Å². The van der Waals surface area contributed by atoms with E-state index in [0.717, 1.165) is 23.4 Å². The van der Waals surface area contributed by atoms with Crippen LogP contribution in [0.15, 0.2) is 71.8 Å². The van der Waals surface area contributed by atoms with Crippen LogP contribution >= 0.6 is 0 Å². The number of aromatic nitrogens is 4. The van der Waals surface area contributed by atoms with Crippen LogP contribution in [0.4, 0.5) is 0 Å². The van der Waals surface area contributed by atoms with Gasteiger partial charge >= 0.3 is 0 Å². The fourth-order valence-electron chi connectivity index (χ4n) is 2.76. The van der Waals surface area contributed by atoms with E-state index < -0.39 is 0 Å². The van der Waals surface area contributed by atoms with Crippen LogP contribution in [0.2, 0.25) is 0 Å². The molecule has 2 unspecified atom stereocenters. The maximum atomic E-state index is 4.81. The maximum Gasteiger partial charge on any atom is 0.177 e. The van der Waals surface area contributed by atoms with Gasteiger partial charge in [0.05, 0.1) is 5.70 Å². The first kappa shape index (κ1) is 15.4. The van der Waals surface area contributed by atoms with Gasteiger partial charge in [0.25, 0.3) is 0 Å². The summed E-state index contributed by atoms with van der Waals surface area (Å²) in [7, 11) is 0. The van der Waals surface area contributed by atoms with Crippen LogP contribution in [-0.4, -0.2) is 31.8 Å². The molecule has 2 aromatic heterocycles. The molecule has 0 bridgehead atoms. The molecule has 0 aromatic carbocycles. The Morgan fingerprint density at radius 3 is 2.28 bits per heavy atom. The van der Waals surface area contributed by atoms with E-state index in [0.29, 0.717) is 17.6 Å². The van der Waals surface area contributed by atoms with E-state index in [1.54, 1.807) is 36.9 Å². The van der Waals surface area contributed by atoms with Crippen molar-refractivity contribution in [2.75, 3.05) is 0 Å². The quantitative estimate of drug-likeness (QED) is 0.936. The molecule has 25 heavy (non-hydrogen) atoms. The van der Waals surface area contributed by atoms with Crippen molar-refractivity contribution in [2.24, 2.45) is 10.9 Å². The summed E-state index contributed by atoms with van der Waals surface area (Å²) in [4.78, 5) is 22.2. The van der Waals surface area contributed by atoms with Crippen molar-refractivity contribution in [3.63, 3.8) is 0 Å². The molecule has 0 amide bonds. The second kappa shape index (κ2) is 6.76. The zero-order valence-electron chi connectivity index (χ0n) is 13.9. The number of nitrogens with zero attached hydrogens (tertiary/aromatic N) is 5. The van der Waals surface area contributed by atoms with Crippen LogP contribution in [0.25, 0.3) is 5.70 Å². The molecule has 0 fully saturated rings. The third-order valence-corrected chi connectivity index (χ3v) is 4.10. The third kappa shape index (κ3) is 3.38. The van der Waals surface area contributed by atoms with Gasteiger partial charge in [0.1, 0.15) is 11.9 Å². The van der Waals surface area contributed by atoms with E-state index in [4.69, 9.17) is 4.99 Å². The summed E-state index contributed by atoms with van der Waals surface area (Å²) in [6.07, 6.45) is 16.2. The Hall–Kier alpha value is -3.15. The molecule has 1 N–H and O–H groups in total. The molecule has 1 aliphatic heterocycles. The van der Waals surface area contributed by atoms with Gasteiger partial charge in [0, 0.05) is 24.8 Å². The van der Waals surface area contributed by atoms with Gasteiger partial charge < -0.3 is 5.32 Å². The molecule has 3 heterocycles. The molecular formula is C19H18N6. The highest BCUT2D eigenvalue weighted by Gasteiger charge is 2.23. The first-order valence-electron chi connectivity index (χ1n) is 8.28. The summed E-state index contributed by atoms with van der Waals surface area (Å²) in [6, 6.07) is 3.59. The van der Waals surface area contributed by atoms with Crippen molar-refractivity contribution >= 4 is 11.4 Å². The normalized spacial score (nSPS) is 22.5. The molecular weight excluding hydrogens is 312 g/mol. The van der Waals surface area contributed by atoms with E-state index in [2.05, 4.69) is 50.4 Å². The van der Waals surface area contributed by atoms with Gasteiger partial charge in [-0.05, 0) is 36.1 Å². The lowest BCUT2D eigenvalue weighted by molar-refractivity contribution is 0.674. The summed E-state index contributed by atoms with van der Waals surface area (Å²) in [5, 5.41) is 3.43. The zero-order chi connectivity index (χ0) is 17.1. The lowest BCUT2D eigenvalue weighted by atomic mass is 9.96. The molecule has 2 atom stereocenters. The number of hydrogen-bond acceptors (Lipinski definition) is 6. The van der Waals surface area contributed by atoms with Gasteiger partial charge in [0.2, 0.25) is 0 Å². The molecule has 0 radical (unpaired) electrons. The average molecular weight is 330 g/mol. The minimum absolute atomic E-state index is 0.202. The molecule has 6 nitrogen and oxygen atoms in total. The molecule has 124 valence electrons. The van der Waals surface area contributed by atoms with Gasteiger partial charge in [-0.25, -0.2) is 19.9 Å². The standard InChI is InChI=1S/C19H18N6/c1-13-4-6-14(7-5-13)17-24-15(18-20-8-2-9-21-18)12-16(25-17)19-22-10-3-11-23-19/h2-4,6-13,17,24H,5H2,1H3. The number of allylic oxidation sites excluding steroid dienone is 3. The second-order valence-corrected chi connectivity index (χ2v) is 6.04. The summed E-state index contributed by atoms with van der Waals surface area (Å²) < 4.78 is 0. The summed E-state index contributed by atoms with van der Waals surface area (Å²) in [6.45, 7) is 2.20. The van der Waals surface area contributed by atoms with E-state index in [1.807, 2.05) is 6.08 Å². The van der Waals surface area contributed by atoms with Crippen molar-refractivity contribution in [3.8, 4) is 0 Å². The molecule has 1 aliphatic carbocycles. The predicted octanol–water partition coefficient (Wildman–Crippen LogP) is 2.55. The Labute approximate surface area is 146 Å². The van der Waals surface area contributed by atoms with Gasteiger partial charge in [-0.2, -0.15) is 0 Å². The van der Waals surface area contributed by atoms with Crippen molar-refractivity contribution in [3.05, 3.63) is 78.4 Å². The minimum Gasteiger partial charge on any atom is -0.357 e. The highest BCUT2D eigenvalue weighted by atomic mass is 15.1. The predicted molar refractivity (Wildman–Crippen MR) is 96.5 cm³/mol. The summed E-state index contributed by atoms with van der Waals surface area (Å²) >= 11 is 0. The number of nitrogens with one attached hydrogen (secondary N) is 1. The van der Waals surface area contributed by atoms with Gasteiger partial charge in [0.15, 0.2) is 11.6 Å². The van der Waals surface area contributed by atoms with Crippen LogP contribution in [0.5, 0.6) is 0 Å². The van der Waals surface area contributed by atoms with Crippen molar-refractivity contribution in [1.82, 2.24) is 25.3 Å². The number of aliphatic imine (C=N–C) groups is 1. The number of hydrogen-bond donors (Lipinski definition) is 1. The molecule has 0 saturated carbocycles. The maximum absolute atomic E-state index is 4.81. The average Bonchev–Trinajstić information content (AvgIpc) is 2.69. The van der Waals surface area contributed by atoms with Crippen LogP contribution in [0.1, 0.15) is 25.0 Å². The molecule has 2 aromatic rings. The van der Waals surface area contributed by atoms with Gasteiger partial charge in [-0.1, -0.05) is 25.2 Å².